The van der Waals surface area contributed by atoms with Crippen molar-refractivity contribution in [3.8, 4) is 0 Å². The maximum atomic E-state index is 14.1. The van der Waals surface area contributed by atoms with Gasteiger partial charge in [0, 0.05) is 16.1 Å². The van der Waals surface area contributed by atoms with Crippen molar-refractivity contribution in [2.75, 3.05) is 19.6 Å². The van der Waals surface area contributed by atoms with Crippen molar-refractivity contribution in [2.24, 2.45) is 0 Å². The summed E-state index contributed by atoms with van der Waals surface area (Å²) in [6.45, 7) is 9.87. The van der Waals surface area contributed by atoms with E-state index in [0.29, 0.717) is 6.42 Å². The fourth-order valence-corrected chi connectivity index (χ4v) is 3.66. The average Bonchev–Trinajstić information content (AvgIpc) is 2.97. The smallest absolute Gasteiger partial charge is 0.126 e. The highest BCUT2D eigenvalue weighted by Gasteiger charge is 2.36. The van der Waals surface area contributed by atoms with Crippen molar-refractivity contribution in [1.82, 2.24) is 10.2 Å². The molecule has 0 aliphatic carbocycles. The van der Waals surface area contributed by atoms with Crippen LogP contribution in [0.2, 0.25) is 0 Å². The monoisotopic (exact) mass is 356 g/mol. The maximum Gasteiger partial charge on any atom is 0.126 e. The van der Waals surface area contributed by atoms with Crippen molar-refractivity contribution in [3.63, 3.8) is 0 Å². The van der Waals surface area contributed by atoms with E-state index in [4.69, 9.17) is 0 Å². The summed E-state index contributed by atoms with van der Waals surface area (Å²) in [5.74, 6) is -0.113. The summed E-state index contributed by atoms with van der Waals surface area (Å²) in [5, 5.41) is 3.57. The van der Waals surface area contributed by atoms with Gasteiger partial charge in [-0.1, -0.05) is 22.9 Å². The Morgan fingerprint density at radius 2 is 2.00 bits per heavy atom. The standard InChI is InChI=1S/C17H26BrFN2/c1-4-20-16(17(2,3)21-9-5-6-10-21)12-13-11-14(18)7-8-15(13)19/h7-8,11,16,20H,4-6,9-10,12H2,1-3H3. The predicted molar refractivity (Wildman–Crippen MR) is 90.2 cm³/mol. The second-order valence-corrected chi connectivity index (χ2v) is 7.31. The SMILES string of the molecule is CCNC(Cc1cc(Br)ccc1F)C(C)(C)N1CCCC1. The summed E-state index contributed by atoms with van der Waals surface area (Å²) in [6.07, 6.45) is 3.25. The van der Waals surface area contributed by atoms with E-state index >= 15 is 0 Å². The van der Waals surface area contributed by atoms with Crippen LogP contribution in [-0.2, 0) is 6.42 Å². The lowest BCUT2D eigenvalue weighted by atomic mass is 9.87. The third-order valence-corrected chi connectivity index (χ3v) is 5.15. The summed E-state index contributed by atoms with van der Waals surface area (Å²) < 4.78 is 15.0. The van der Waals surface area contributed by atoms with E-state index in [0.717, 1.165) is 29.7 Å². The molecule has 1 fully saturated rings. The minimum atomic E-state index is -0.113. The second-order valence-electron chi connectivity index (χ2n) is 6.40. The highest BCUT2D eigenvalue weighted by Crippen LogP contribution is 2.27. The molecule has 1 aromatic rings. The number of hydrogen-bond donors (Lipinski definition) is 1. The highest BCUT2D eigenvalue weighted by molar-refractivity contribution is 9.10. The summed E-state index contributed by atoms with van der Waals surface area (Å²) in [7, 11) is 0. The molecule has 0 radical (unpaired) electrons. The first kappa shape index (κ1) is 16.9. The van der Waals surface area contributed by atoms with Crippen LogP contribution in [0.15, 0.2) is 22.7 Å². The maximum absolute atomic E-state index is 14.1. The summed E-state index contributed by atoms with van der Waals surface area (Å²) in [6, 6.07) is 5.45. The molecule has 118 valence electrons. The van der Waals surface area contributed by atoms with Crippen LogP contribution >= 0.6 is 15.9 Å². The molecule has 1 unspecified atom stereocenters. The molecule has 1 aromatic carbocycles. The number of likely N-dealkylation sites (tertiary alicyclic amines) is 1. The van der Waals surface area contributed by atoms with Crippen molar-refractivity contribution < 1.29 is 4.39 Å². The molecular formula is C17H26BrFN2. The van der Waals surface area contributed by atoms with E-state index < -0.39 is 0 Å². The van der Waals surface area contributed by atoms with Gasteiger partial charge in [-0.2, -0.15) is 0 Å². The molecule has 1 heterocycles. The van der Waals surface area contributed by atoms with E-state index in [1.54, 1.807) is 12.1 Å². The van der Waals surface area contributed by atoms with E-state index in [2.05, 4.69) is 46.9 Å². The topological polar surface area (TPSA) is 15.3 Å². The minimum absolute atomic E-state index is 0.0290. The number of rotatable bonds is 6. The fourth-order valence-electron chi connectivity index (χ4n) is 3.25. The van der Waals surface area contributed by atoms with Gasteiger partial charge in [0.25, 0.3) is 0 Å². The lowest BCUT2D eigenvalue weighted by Crippen LogP contribution is -2.57. The van der Waals surface area contributed by atoms with Gasteiger partial charge in [0.1, 0.15) is 5.82 Å². The van der Waals surface area contributed by atoms with Crippen molar-refractivity contribution in [3.05, 3.63) is 34.1 Å². The van der Waals surface area contributed by atoms with E-state index in [-0.39, 0.29) is 17.4 Å². The van der Waals surface area contributed by atoms with Gasteiger partial charge in [0.05, 0.1) is 0 Å². The number of likely N-dealkylation sites (N-methyl/N-ethyl adjacent to an activating group) is 1. The Balaban J connectivity index is 2.19. The Morgan fingerprint density at radius 3 is 2.62 bits per heavy atom. The Morgan fingerprint density at radius 1 is 1.33 bits per heavy atom. The molecule has 1 aliphatic rings. The fraction of sp³-hybridized carbons (Fsp3) is 0.647. The van der Waals surface area contributed by atoms with Crippen LogP contribution in [-0.4, -0.2) is 36.1 Å². The van der Waals surface area contributed by atoms with Crippen LogP contribution in [0.1, 0.15) is 39.2 Å². The summed E-state index contributed by atoms with van der Waals surface area (Å²) in [5.41, 5.74) is 0.809. The first-order valence-electron chi connectivity index (χ1n) is 7.87. The Hall–Kier alpha value is -0.450. The van der Waals surface area contributed by atoms with Gasteiger partial charge in [0.2, 0.25) is 0 Å². The van der Waals surface area contributed by atoms with Gasteiger partial charge in [-0.25, -0.2) is 4.39 Å². The molecule has 0 amide bonds. The Bertz CT molecular complexity index is 470. The lowest BCUT2D eigenvalue weighted by Gasteiger charge is -2.42. The Labute approximate surface area is 136 Å². The predicted octanol–water partition coefficient (Wildman–Crippen LogP) is 3.98. The van der Waals surface area contributed by atoms with Crippen LogP contribution in [0.25, 0.3) is 0 Å². The van der Waals surface area contributed by atoms with Crippen LogP contribution in [0.3, 0.4) is 0 Å². The summed E-state index contributed by atoms with van der Waals surface area (Å²) >= 11 is 3.44. The molecule has 1 aliphatic heterocycles. The molecule has 2 rings (SSSR count). The van der Waals surface area contributed by atoms with E-state index in [1.165, 1.54) is 12.8 Å². The largest absolute Gasteiger partial charge is 0.312 e. The Kier molecular flexibility index (Phi) is 5.81. The van der Waals surface area contributed by atoms with Crippen LogP contribution < -0.4 is 5.32 Å². The van der Waals surface area contributed by atoms with Gasteiger partial charge < -0.3 is 5.32 Å². The molecule has 0 aromatic heterocycles. The number of halogens is 2. The molecule has 4 heteroatoms. The second kappa shape index (κ2) is 7.21. The van der Waals surface area contributed by atoms with Gasteiger partial charge in [-0.3, -0.25) is 4.90 Å². The minimum Gasteiger partial charge on any atom is -0.312 e. The molecule has 1 N–H and O–H groups in total. The third-order valence-electron chi connectivity index (χ3n) is 4.66. The van der Waals surface area contributed by atoms with Crippen LogP contribution in [0.4, 0.5) is 4.39 Å². The van der Waals surface area contributed by atoms with Crippen molar-refractivity contribution >= 4 is 15.9 Å². The molecule has 0 bridgehead atoms. The van der Waals surface area contributed by atoms with Gasteiger partial charge in [0.15, 0.2) is 0 Å². The first-order chi connectivity index (χ1) is 9.95. The number of hydrogen-bond acceptors (Lipinski definition) is 2. The number of benzene rings is 1. The van der Waals surface area contributed by atoms with Gasteiger partial charge in [-0.05, 0) is 76.5 Å². The quantitative estimate of drug-likeness (QED) is 0.828. The molecule has 0 saturated carbocycles. The summed E-state index contributed by atoms with van der Waals surface area (Å²) in [4.78, 5) is 2.54. The zero-order valence-corrected chi connectivity index (χ0v) is 14.8. The molecular weight excluding hydrogens is 331 g/mol. The zero-order valence-electron chi connectivity index (χ0n) is 13.3. The highest BCUT2D eigenvalue weighted by atomic mass is 79.9. The molecule has 2 nitrogen and oxygen atoms in total. The normalized spacial score (nSPS) is 18.1. The lowest BCUT2D eigenvalue weighted by molar-refractivity contribution is 0.107. The molecule has 21 heavy (non-hydrogen) atoms. The van der Waals surface area contributed by atoms with E-state index in [1.807, 2.05) is 6.07 Å². The molecule has 0 spiro atoms. The van der Waals surface area contributed by atoms with Crippen LogP contribution in [0, 0.1) is 5.82 Å². The molecule has 1 atom stereocenters. The van der Waals surface area contributed by atoms with E-state index in [9.17, 15) is 4.39 Å². The van der Waals surface area contributed by atoms with Gasteiger partial charge >= 0.3 is 0 Å². The third kappa shape index (κ3) is 4.05. The van der Waals surface area contributed by atoms with Crippen molar-refractivity contribution in [2.45, 2.75) is 51.6 Å². The van der Waals surface area contributed by atoms with Crippen molar-refractivity contribution in [1.29, 1.82) is 0 Å². The number of nitrogens with zero attached hydrogens (tertiary/aromatic N) is 1. The van der Waals surface area contributed by atoms with Gasteiger partial charge in [-0.15, -0.1) is 0 Å². The zero-order chi connectivity index (χ0) is 15.5. The van der Waals surface area contributed by atoms with Crippen LogP contribution in [0.5, 0.6) is 0 Å². The first-order valence-corrected chi connectivity index (χ1v) is 8.66. The average molecular weight is 357 g/mol. The number of nitrogens with one attached hydrogen (secondary N) is 1. The molecule has 1 saturated heterocycles.